The van der Waals surface area contributed by atoms with Crippen molar-refractivity contribution in [1.82, 2.24) is 5.32 Å². The van der Waals surface area contributed by atoms with E-state index >= 15 is 0 Å². The average molecular weight is 420 g/mol. The molecule has 3 aromatic carbocycles. The zero-order chi connectivity index (χ0) is 21.3. The summed E-state index contributed by atoms with van der Waals surface area (Å²) in [6, 6.07) is 19.5. The summed E-state index contributed by atoms with van der Waals surface area (Å²) < 4.78 is 0. The molecule has 0 spiro atoms. The highest BCUT2D eigenvalue weighted by molar-refractivity contribution is 6.30. The van der Waals surface area contributed by atoms with Crippen LogP contribution in [0.3, 0.4) is 0 Å². The number of aryl methyl sites for hydroxylation is 1. The minimum absolute atomic E-state index is 0.0433. The van der Waals surface area contributed by atoms with Crippen LogP contribution >= 0.6 is 11.6 Å². The molecule has 4 rings (SSSR count). The highest BCUT2D eigenvalue weighted by Gasteiger charge is 2.26. The largest absolute Gasteiger partial charge is 0.397 e. The molecule has 5 heteroatoms. The highest BCUT2D eigenvalue weighted by Crippen LogP contribution is 2.35. The molecular formula is C25H26ClN3O. The maximum absolute atomic E-state index is 13.2. The molecule has 0 bridgehead atoms. The van der Waals surface area contributed by atoms with E-state index in [2.05, 4.69) is 36.6 Å². The molecule has 0 heterocycles. The number of nitrogens with one attached hydrogen (secondary N) is 2. The molecule has 1 amide bonds. The first-order valence-corrected chi connectivity index (χ1v) is 10.7. The number of hydrogen-bond acceptors (Lipinski definition) is 3. The molecule has 0 fully saturated rings. The number of anilines is 3. The lowest BCUT2D eigenvalue weighted by molar-refractivity contribution is 0.0935. The van der Waals surface area contributed by atoms with Crippen LogP contribution in [0.15, 0.2) is 60.7 Å². The Morgan fingerprint density at radius 1 is 1.07 bits per heavy atom. The van der Waals surface area contributed by atoms with Crippen molar-refractivity contribution in [3.8, 4) is 0 Å². The quantitative estimate of drug-likeness (QED) is 0.431. The summed E-state index contributed by atoms with van der Waals surface area (Å²) in [6.45, 7) is 4.11. The summed E-state index contributed by atoms with van der Waals surface area (Å²) >= 11 is 5.97. The van der Waals surface area contributed by atoms with Crippen LogP contribution in [0, 0.1) is 0 Å². The topological polar surface area (TPSA) is 67.2 Å². The molecule has 0 saturated carbocycles. The van der Waals surface area contributed by atoms with E-state index in [-0.39, 0.29) is 17.9 Å². The summed E-state index contributed by atoms with van der Waals surface area (Å²) in [7, 11) is 0. The van der Waals surface area contributed by atoms with Crippen LogP contribution in [0.1, 0.15) is 59.3 Å². The zero-order valence-corrected chi connectivity index (χ0v) is 18.0. The first-order valence-electron chi connectivity index (χ1n) is 10.3. The lowest BCUT2D eigenvalue weighted by Gasteiger charge is -2.21. The van der Waals surface area contributed by atoms with Crippen molar-refractivity contribution in [3.05, 3.63) is 87.9 Å². The van der Waals surface area contributed by atoms with Crippen molar-refractivity contribution in [3.63, 3.8) is 0 Å². The lowest BCUT2D eigenvalue weighted by atomic mass is 9.93. The lowest BCUT2D eigenvalue weighted by Crippen LogP contribution is -2.28. The average Bonchev–Trinajstić information content (AvgIpc) is 3.13. The smallest absolute Gasteiger partial charge is 0.252 e. The van der Waals surface area contributed by atoms with Crippen LogP contribution in [0.5, 0.6) is 0 Å². The van der Waals surface area contributed by atoms with E-state index in [1.54, 1.807) is 0 Å². The SMILES string of the molecule is CC(C)c1c(C(=O)N[C@H]2CCc3ccccc32)ccc(Nc2ccc(Cl)cc2)c1N. The van der Waals surface area contributed by atoms with Gasteiger partial charge >= 0.3 is 0 Å². The van der Waals surface area contributed by atoms with Crippen LogP contribution in [-0.4, -0.2) is 5.91 Å². The Labute approximate surface area is 182 Å². The Kier molecular flexibility index (Phi) is 5.69. The normalized spacial score (nSPS) is 15.1. The Morgan fingerprint density at radius 2 is 1.80 bits per heavy atom. The van der Waals surface area contributed by atoms with Gasteiger partial charge in [0.25, 0.3) is 5.91 Å². The van der Waals surface area contributed by atoms with Crippen LogP contribution in [-0.2, 0) is 6.42 Å². The van der Waals surface area contributed by atoms with Crippen molar-refractivity contribution >= 4 is 34.6 Å². The minimum Gasteiger partial charge on any atom is -0.397 e. The number of carbonyl (C=O) groups is 1. The van der Waals surface area contributed by atoms with E-state index in [4.69, 9.17) is 17.3 Å². The van der Waals surface area contributed by atoms with Gasteiger partial charge in [0.05, 0.1) is 17.4 Å². The zero-order valence-electron chi connectivity index (χ0n) is 17.2. The van der Waals surface area contributed by atoms with E-state index in [9.17, 15) is 4.79 Å². The Hall–Kier alpha value is -2.98. The van der Waals surface area contributed by atoms with Gasteiger partial charge in [-0.3, -0.25) is 4.79 Å². The van der Waals surface area contributed by atoms with Crippen molar-refractivity contribution in [2.24, 2.45) is 0 Å². The molecule has 30 heavy (non-hydrogen) atoms. The van der Waals surface area contributed by atoms with Gasteiger partial charge in [-0.2, -0.15) is 0 Å². The van der Waals surface area contributed by atoms with E-state index in [1.807, 2.05) is 48.5 Å². The molecule has 0 aromatic heterocycles. The molecule has 154 valence electrons. The van der Waals surface area contributed by atoms with Gasteiger partial charge in [-0.25, -0.2) is 0 Å². The van der Waals surface area contributed by atoms with Crippen LogP contribution < -0.4 is 16.4 Å². The highest BCUT2D eigenvalue weighted by atomic mass is 35.5. The fourth-order valence-electron chi connectivity index (χ4n) is 4.20. The Bertz CT molecular complexity index is 1080. The van der Waals surface area contributed by atoms with Crippen molar-refractivity contribution < 1.29 is 4.79 Å². The van der Waals surface area contributed by atoms with E-state index in [0.29, 0.717) is 16.3 Å². The Balaban J connectivity index is 1.61. The number of amides is 1. The van der Waals surface area contributed by atoms with Gasteiger partial charge in [0.2, 0.25) is 0 Å². The fraction of sp³-hybridized carbons (Fsp3) is 0.240. The maximum Gasteiger partial charge on any atom is 0.252 e. The summed E-state index contributed by atoms with van der Waals surface area (Å²) in [5, 5.41) is 7.23. The third-order valence-corrected chi connectivity index (χ3v) is 5.92. The second-order valence-electron chi connectivity index (χ2n) is 8.04. The number of nitrogen functional groups attached to an aromatic ring is 1. The van der Waals surface area contributed by atoms with Gasteiger partial charge in [0.15, 0.2) is 0 Å². The molecular weight excluding hydrogens is 394 g/mol. The number of fused-ring (bicyclic) bond motifs is 1. The van der Waals surface area contributed by atoms with E-state index in [0.717, 1.165) is 29.8 Å². The van der Waals surface area contributed by atoms with E-state index < -0.39 is 0 Å². The van der Waals surface area contributed by atoms with E-state index in [1.165, 1.54) is 11.1 Å². The minimum atomic E-state index is -0.0786. The van der Waals surface area contributed by atoms with Crippen LogP contribution in [0.25, 0.3) is 0 Å². The molecule has 1 atom stereocenters. The fourth-order valence-corrected chi connectivity index (χ4v) is 4.32. The summed E-state index contributed by atoms with van der Waals surface area (Å²) in [5.41, 5.74) is 12.8. The van der Waals surface area contributed by atoms with Crippen molar-refractivity contribution in [2.45, 2.75) is 38.6 Å². The van der Waals surface area contributed by atoms with Gasteiger partial charge in [0.1, 0.15) is 0 Å². The van der Waals surface area contributed by atoms with Gasteiger partial charge < -0.3 is 16.4 Å². The number of hydrogen-bond donors (Lipinski definition) is 3. The molecule has 1 aliphatic rings. The molecule has 0 aliphatic heterocycles. The van der Waals surface area contributed by atoms with Crippen LogP contribution in [0.4, 0.5) is 17.1 Å². The number of nitrogens with two attached hydrogens (primary N) is 1. The number of halogens is 1. The molecule has 0 unspecified atom stereocenters. The van der Waals surface area contributed by atoms with Crippen molar-refractivity contribution in [2.75, 3.05) is 11.1 Å². The van der Waals surface area contributed by atoms with Gasteiger partial charge in [-0.15, -0.1) is 0 Å². The molecule has 1 aliphatic carbocycles. The predicted molar refractivity (Wildman–Crippen MR) is 125 cm³/mol. The Morgan fingerprint density at radius 3 is 2.53 bits per heavy atom. The number of benzene rings is 3. The summed E-state index contributed by atoms with van der Waals surface area (Å²) in [5.74, 6) is 0.0266. The summed E-state index contributed by atoms with van der Waals surface area (Å²) in [4.78, 5) is 13.2. The van der Waals surface area contributed by atoms with Crippen molar-refractivity contribution in [1.29, 1.82) is 0 Å². The molecule has 3 aromatic rings. The van der Waals surface area contributed by atoms with Crippen LogP contribution in [0.2, 0.25) is 5.02 Å². The monoisotopic (exact) mass is 419 g/mol. The van der Waals surface area contributed by atoms with Gasteiger partial charge in [-0.05, 0) is 71.8 Å². The third kappa shape index (κ3) is 4.01. The number of rotatable bonds is 5. The third-order valence-electron chi connectivity index (χ3n) is 5.67. The molecule has 4 N–H and O–H groups in total. The molecule has 0 radical (unpaired) electrons. The number of carbonyl (C=O) groups excluding carboxylic acids is 1. The standard InChI is InChI=1S/C25H26ClN3O/c1-15(2)23-20(25(30)29-21-13-7-16-5-3-4-6-19(16)21)12-14-22(24(23)27)28-18-10-8-17(26)9-11-18/h3-6,8-12,14-15,21,28H,7,13,27H2,1-2H3,(H,29,30)/t21-/m0/s1. The second-order valence-corrected chi connectivity index (χ2v) is 8.47. The van der Waals surface area contributed by atoms with Gasteiger partial charge in [-0.1, -0.05) is 49.7 Å². The summed E-state index contributed by atoms with van der Waals surface area (Å²) in [6.07, 6.45) is 1.91. The first kappa shape index (κ1) is 20.3. The van der Waals surface area contributed by atoms with Gasteiger partial charge in [0, 0.05) is 16.3 Å². The molecule has 4 nitrogen and oxygen atoms in total. The molecule has 0 saturated heterocycles. The second kappa shape index (κ2) is 8.41. The predicted octanol–water partition coefficient (Wildman–Crippen LogP) is 6.21. The first-order chi connectivity index (χ1) is 14.4. The maximum atomic E-state index is 13.2.